The molecule has 1 atom stereocenters. The van der Waals surface area contributed by atoms with Gasteiger partial charge in [0, 0.05) is 45.9 Å². The largest absolute Gasteiger partial charge is 0.380 e. The first kappa shape index (κ1) is 12.6. The van der Waals surface area contributed by atoms with E-state index in [0.29, 0.717) is 6.61 Å². The Bertz CT molecular complexity index is 290. The van der Waals surface area contributed by atoms with Crippen molar-refractivity contribution in [1.82, 2.24) is 9.80 Å². The van der Waals surface area contributed by atoms with E-state index < -0.39 is 0 Å². The maximum atomic E-state index is 11.3. The lowest BCUT2D eigenvalue weighted by Gasteiger charge is -2.37. The second kappa shape index (κ2) is 5.27. The normalized spacial score (nSPS) is 34.9. The van der Waals surface area contributed by atoms with Gasteiger partial charge < -0.3 is 14.4 Å². The first-order valence-electron chi connectivity index (χ1n) is 7.28. The molecule has 2 aliphatic heterocycles. The van der Waals surface area contributed by atoms with E-state index in [2.05, 4.69) is 9.80 Å². The summed E-state index contributed by atoms with van der Waals surface area (Å²) in [5.74, 6) is 0.987. The highest BCUT2D eigenvalue weighted by molar-refractivity contribution is 5.60. The topological polar surface area (TPSA) is 32.8 Å². The molecular weight excluding hydrogens is 228 g/mol. The number of piperazine rings is 1. The SMILES string of the molecule is O=CC1(CN2CCN(CC3CC3)CC2)CCOC1. The number of rotatable bonds is 5. The van der Waals surface area contributed by atoms with Crippen LogP contribution in [-0.2, 0) is 9.53 Å². The van der Waals surface area contributed by atoms with Crippen molar-refractivity contribution in [3.05, 3.63) is 0 Å². The molecule has 3 aliphatic rings. The summed E-state index contributed by atoms with van der Waals surface area (Å²) in [6, 6.07) is 0. The van der Waals surface area contributed by atoms with Gasteiger partial charge in [0.05, 0.1) is 12.0 Å². The van der Waals surface area contributed by atoms with Gasteiger partial charge in [-0.3, -0.25) is 4.90 Å². The highest BCUT2D eigenvalue weighted by Gasteiger charge is 2.37. The minimum Gasteiger partial charge on any atom is -0.380 e. The van der Waals surface area contributed by atoms with Gasteiger partial charge >= 0.3 is 0 Å². The Morgan fingerprint density at radius 2 is 1.89 bits per heavy atom. The average Bonchev–Trinajstić information content (AvgIpc) is 3.09. The van der Waals surface area contributed by atoms with Crippen molar-refractivity contribution >= 4 is 6.29 Å². The monoisotopic (exact) mass is 252 g/mol. The molecular formula is C14H24N2O2. The van der Waals surface area contributed by atoms with Crippen LogP contribution >= 0.6 is 0 Å². The molecule has 1 aliphatic carbocycles. The van der Waals surface area contributed by atoms with Crippen molar-refractivity contribution in [2.75, 3.05) is 52.5 Å². The Kier molecular flexibility index (Phi) is 3.68. The lowest BCUT2D eigenvalue weighted by atomic mass is 9.88. The van der Waals surface area contributed by atoms with Crippen LogP contribution in [0.1, 0.15) is 19.3 Å². The third-order valence-corrected chi connectivity index (χ3v) is 4.60. The van der Waals surface area contributed by atoms with Crippen molar-refractivity contribution in [2.45, 2.75) is 19.3 Å². The minimum absolute atomic E-state index is 0.210. The number of aldehydes is 1. The zero-order chi connectivity index (χ0) is 12.4. The Morgan fingerprint density at radius 3 is 2.44 bits per heavy atom. The summed E-state index contributed by atoms with van der Waals surface area (Å²) in [6.45, 7) is 8.14. The van der Waals surface area contributed by atoms with Crippen LogP contribution in [0.2, 0.25) is 0 Å². The van der Waals surface area contributed by atoms with Crippen LogP contribution in [0.3, 0.4) is 0 Å². The fourth-order valence-corrected chi connectivity index (χ4v) is 3.12. The fraction of sp³-hybridized carbons (Fsp3) is 0.929. The summed E-state index contributed by atoms with van der Waals surface area (Å²) in [5.41, 5.74) is -0.210. The molecule has 1 unspecified atom stereocenters. The lowest BCUT2D eigenvalue weighted by Crippen LogP contribution is -2.50. The van der Waals surface area contributed by atoms with E-state index in [0.717, 1.165) is 44.9 Å². The van der Waals surface area contributed by atoms with E-state index in [1.54, 1.807) is 0 Å². The molecule has 0 spiro atoms. The minimum atomic E-state index is -0.210. The van der Waals surface area contributed by atoms with Gasteiger partial charge in [-0.05, 0) is 25.2 Å². The summed E-state index contributed by atoms with van der Waals surface area (Å²) < 4.78 is 5.41. The third-order valence-electron chi connectivity index (χ3n) is 4.60. The molecule has 2 heterocycles. The van der Waals surface area contributed by atoms with Crippen LogP contribution in [0, 0.1) is 11.3 Å². The number of hydrogen-bond acceptors (Lipinski definition) is 4. The van der Waals surface area contributed by atoms with Crippen LogP contribution in [0.15, 0.2) is 0 Å². The van der Waals surface area contributed by atoms with E-state index in [1.807, 2.05) is 0 Å². The van der Waals surface area contributed by atoms with Gasteiger partial charge in [-0.15, -0.1) is 0 Å². The molecule has 1 saturated carbocycles. The number of nitrogens with zero attached hydrogens (tertiary/aromatic N) is 2. The van der Waals surface area contributed by atoms with Crippen molar-refractivity contribution in [1.29, 1.82) is 0 Å². The standard InChI is InChI=1S/C14H24N2O2/c17-11-14(3-8-18-12-14)10-16-6-4-15(5-7-16)9-13-1-2-13/h11,13H,1-10,12H2. The zero-order valence-electron chi connectivity index (χ0n) is 11.1. The Labute approximate surface area is 109 Å². The molecule has 0 aromatic heterocycles. The molecule has 2 saturated heterocycles. The Hall–Kier alpha value is -0.450. The number of ether oxygens (including phenoxy) is 1. The van der Waals surface area contributed by atoms with Crippen molar-refractivity contribution in [3.63, 3.8) is 0 Å². The first-order chi connectivity index (χ1) is 8.80. The van der Waals surface area contributed by atoms with Crippen LogP contribution < -0.4 is 0 Å². The van der Waals surface area contributed by atoms with Crippen molar-refractivity contribution in [2.24, 2.45) is 11.3 Å². The van der Waals surface area contributed by atoms with E-state index in [1.165, 1.54) is 32.5 Å². The van der Waals surface area contributed by atoms with Gasteiger partial charge in [0.25, 0.3) is 0 Å². The van der Waals surface area contributed by atoms with E-state index in [-0.39, 0.29) is 5.41 Å². The van der Waals surface area contributed by atoms with Gasteiger partial charge in [0.2, 0.25) is 0 Å². The predicted molar refractivity (Wildman–Crippen MR) is 69.5 cm³/mol. The van der Waals surface area contributed by atoms with Gasteiger partial charge in [-0.1, -0.05) is 0 Å². The van der Waals surface area contributed by atoms with Crippen molar-refractivity contribution < 1.29 is 9.53 Å². The van der Waals surface area contributed by atoms with E-state index >= 15 is 0 Å². The molecule has 0 amide bonds. The molecule has 4 nitrogen and oxygen atoms in total. The smallest absolute Gasteiger partial charge is 0.129 e. The second-order valence-corrected chi connectivity index (χ2v) is 6.30. The first-order valence-corrected chi connectivity index (χ1v) is 7.28. The molecule has 0 radical (unpaired) electrons. The zero-order valence-corrected chi connectivity index (χ0v) is 11.1. The summed E-state index contributed by atoms with van der Waals surface area (Å²) >= 11 is 0. The van der Waals surface area contributed by atoms with Gasteiger partial charge in [-0.2, -0.15) is 0 Å². The molecule has 3 fully saturated rings. The van der Waals surface area contributed by atoms with E-state index in [9.17, 15) is 4.79 Å². The van der Waals surface area contributed by atoms with Crippen LogP contribution in [0.4, 0.5) is 0 Å². The Balaban J connectivity index is 1.45. The highest BCUT2D eigenvalue weighted by Crippen LogP contribution is 2.31. The van der Waals surface area contributed by atoms with Gasteiger partial charge in [-0.25, -0.2) is 0 Å². The molecule has 0 aromatic rings. The molecule has 3 rings (SSSR count). The Morgan fingerprint density at radius 1 is 1.17 bits per heavy atom. The van der Waals surface area contributed by atoms with Crippen LogP contribution in [0.5, 0.6) is 0 Å². The summed E-state index contributed by atoms with van der Waals surface area (Å²) in [6.07, 6.45) is 4.91. The van der Waals surface area contributed by atoms with Gasteiger partial charge in [0.1, 0.15) is 6.29 Å². The summed E-state index contributed by atoms with van der Waals surface area (Å²) in [4.78, 5) is 16.3. The maximum Gasteiger partial charge on any atom is 0.129 e. The highest BCUT2D eigenvalue weighted by atomic mass is 16.5. The molecule has 0 aromatic carbocycles. The molecule has 102 valence electrons. The average molecular weight is 252 g/mol. The lowest BCUT2D eigenvalue weighted by molar-refractivity contribution is -0.117. The number of carbonyl (C=O) groups excluding carboxylic acids is 1. The third kappa shape index (κ3) is 2.92. The van der Waals surface area contributed by atoms with Crippen LogP contribution in [-0.4, -0.2) is 68.6 Å². The van der Waals surface area contributed by atoms with Crippen molar-refractivity contribution in [3.8, 4) is 0 Å². The second-order valence-electron chi connectivity index (χ2n) is 6.30. The summed E-state index contributed by atoms with van der Waals surface area (Å²) in [5, 5.41) is 0. The van der Waals surface area contributed by atoms with Gasteiger partial charge in [0.15, 0.2) is 0 Å². The summed E-state index contributed by atoms with van der Waals surface area (Å²) in [7, 11) is 0. The molecule has 18 heavy (non-hydrogen) atoms. The number of carbonyl (C=O) groups is 1. The fourth-order valence-electron chi connectivity index (χ4n) is 3.12. The van der Waals surface area contributed by atoms with Crippen LogP contribution in [0.25, 0.3) is 0 Å². The molecule has 4 heteroatoms. The number of hydrogen-bond donors (Lipinski definition) is 0. The molecule has 0 N–H and O–H groups in total. The quantitative estimate of drug-likeness (QED) is 0.672. The maximum absolute atomic E-state index is 11.3. The van der Waals surface area contributed by atoms with E-state index in [4.69, 9.17) is 4.74 Å². The predicted octanol–water partition coefficient (Wildman–Crippen LogP) is 0.620. The molecule has 0 bridgehead atoms.